The van der Waals surface area contributed by atoms with Crippen molar-refractivity contribution in [3.63, 3.8) is 0 Å². The van der Waals surface area contributed by atoms with Gasteiger partial charge in [0, 0.05) is 28.9 Å². The number of nitrogens with one attached hydrogen (secondary N) is 1. The molecule has 2 N–H and O–H groups in total. The third kappa shape index (κ3) is 6.87. The standard InChI is InChI=1S/C20H13F3N4.C6H6O3S/c21-20(22,23)15-5-7-16(8-6-15)27-19-11-18(25-12-26-19)14-4-3-13-2-1-9-24-17(13)10-14;7-10(8,9)6-4-2-1-3-5-6/h1-12H,(H,25,26,27);1-5H,(H,7,8,9). The zero-order valence-electron chi connectivity index (χ0n) is 19.0. The lowest BCUT2D eigenvalue weighted by molar-refractivity contribution is -0.137. The van der Waals surface area contributed by atoms with Gasteiger partial charge in [-0.1, -0.05) is 36.4 Å². The highest BCUT2D eigenvalue weighted by atomic mass is 32.2. The van der Waals surface area contributed by atoms with Gasteiger partial charge in [-0.25, -0.2) is 9.97 Å². The van der Waals surface area contributed by atoms with Crippen molar-refractivity contribution in [2.45, 2.75) is 11.1 Å². The van der Waals surface area contributed by atoms with Gasteiger partial charge in [0.05, 0.1) is 21.7 Å². The minimum atomic E-state index is -4.36. The van der Waals surface area contributed by atoms with Crippen LogP contribution in [0.5, 0.6) is 0 Å². The molecule has 3 aromatic carbocycles. The summed E-state index contributed by atoms with van der Waals surface area (Å²) < 4.78 is 67.2. The highest BCUT2D eigenvalue weighted by molar-refractivity contribution is 7.85. The zero-order valence-corrected chi connectivity index (χ0v) is 19.8. The number of fused-ring (bicyclic) bond motifs is 1. The van der Waals surface area contributed by atoms with E-state index in [0.29, 0.717) is 17.2 Å². The molecule has 0 aliphatic carbocycles. The minimum Gasteiger partial charge on any atom is -0.340 e. The zero-order chi connectivity index (χ0) is 26.5. The molecule has 0 amide bonds. The van der Waals surface area contributed by atoms with Crippen molar-refractivity contribution in [3.8, 4) is 11.3 Å². The van der Waals surface area contributed by atoms with Crippen LogP contribution in [0.4, 0.5) is 24.7 Å². The van der Waals surface area contributed by atoms with Gasteiger partial charge >= 0.3 is 6.18 Å². The summed E-state index contributed by atoms with van der Waals surface area (Å²) in [5, 5.41) is 4.02. The summed E-state index contributed by atoms with van der Waals surface area (Å²) in [6.07, 6.45) is -1.22. The highest BCUT2D eigenvalue weighted by Gasteiger charge is 2.29. The van der Waals surface area contributed by atoms with Crippen molar-refractivity contribution < 1.29 is 26.1 Å². The fourth-order valence-electron chi connectivity index (χ4n) is 3.29. The molecule has 188 valence electrons. The monoisotopic (exact) mass is 524 g/mol. The SMILES string of the molecule is FC(F)(F)c1ccc(Nc2cc(-c3ccc4cccnc4c3)ncn2)cc1.O=S(=O)(O)c1ccccc1. The molecule has 0 aliphatic heterocycles. The van der Waals surface area contributed by atoms with Crippen LogP contribution in [0.15, 0.2) is 108 Å². The lowest BCUT2D eigenvalue weighted by Crippen LogP contribution is -2.04. The molecule has 0 bridgehead atoms. The van der Waals surface area contributed by atoms with Crippen molar-refractivity contribution in [2.75, 3.05) is 5.32 Å². The second-order valence-electron chi connectivity index (χ2n) is 7.69. The Hall–Kier alpha value is -4.35. The van der Waals surface area contributed by atoms with E-state index in [1.807, 2.05) is 30.3 Å². The molecule has 11 heteroatoms. The lowest BCUT2D eigenvalue weighted by Gasteiger charge is -2.10. The molecule has 5 rings (SSSR count). The number of hydrogen-bond donors (Lipinski definition) is 2. The first-order chi connectivity index (χ1) is 17.6. The van der Waals surface area contributed by atoms with E-state index in [1.165, 1.54) is 30.6 Å². The molecule has 0 saturated heterocycles. The number of alkyl halides is 3. The number of nitrogens with zero attached hydrogens (tertiary/aromatic N) is 3. The predicted molar refractivity (Wildman–Crippen MR) is 134 cm³/mol. The van der Waals surface area contributed by atoms with Crippen LogP contribution in [-0.4, -0.2) is 27.9 Å². The Bertz CT molecular complexity index is 1610. The number of benzene rings is 3. The Morgan fingerprint density at radius 1 is 0.784 bits per heavy atom. The maximum Gasteiger partial charge on any atom is 0.416 e. The molecule has 0 fully saturated rings. The topological polar surface area (TPSA) is 105 Å². The third-order valence-electron chi connectivity index (χ3n) is 5.09. The highest BCUT2D eigenvalue weighted by Crippen LogP contribution is 2.30. The Morgan fingerprint density at radius 2 is 1.51 bits per heavy atom. The summed E-state index contributed by atoms with van der Waals surface area (Å²) in [5.74, 6) is 0.487. The van der Waals surface area contributed by atoms with Crippen LogP contribution >= 0.6 is 0 Å². The van der Waals surface area contributed by atoms with Crippen molar-refractivity contribution >= 4 is 32.5 Å². The first kappa shape index (κ1) is 25.7. The van der Waals surface area contributed by atoms with E-state index in [-0.39, 0.29) is 4.90 Å². The number of aromatic nitrogens is 3. The summed E-state index contributed by atoms with van der Waals surface area (Å²) in [7, 11) is -4.00. The van der Waals surface area contributed by atoms with Crippen LogP contribution in [0.25, 0.3) is 22.2 Å². The molecular formula is C26H19F3N4O3S. The number of pyridine rings is 1. The average molecular weight is 525 g/mol. The molecule has 5 aromatic rings. The van der Waals surface area contributed by atoms with E-state index < -0.39 is 21.9 Å². The predicted octanol–water partition coefficient (Wildman–Crippen LogP) is 6.39. The number of halogens is 3. The molecule has 7 nitrogen and oxygen atoms in total. The van der Waals surface area contributed by atoms with Gasteiger partial charge in [-0.05, 0) is 48.5 Å². The fourth-order valence-corrected chi connectivity index (χ4v) is 3.79. The fraction of sp³-hybridized carbons (Fsp3) is 0.0385. The van der Waals surface area contributed by atoms with Crippen LogP contribution in [0, 0.1) is 0 Å². The smallest absolute Gasteiger partial charge is 0.340 e. The van der Waals surface area contributed by atoms with Gasteiger partial charge in [-0.15, -0.1) is 0 Å². The Morgan fingerprint density at radius 3 is 2.16 bits per heavy atom. The first-order valence-electron chi connectivity index (χ1n) is 10.7. The van der Waals surface area contributed by atoms with Crippen LogP contribution < -0.4 is 5.32 Å². The van der Waals surface area contributed by atoms with Gasteiger partial charge in [0.25, 0.3) is 10.1 Å². The maximum absolute atomic E-state index is 12.7. The van der Waals surface area contributed by atoms with E-state index in [4.69, 9.17) is 4.55 Å². The average Bonchev–Trinajstić information content (AvgIpc) is 2.89. The largest absolute Gasteiger partial charge is 0.416 e. The lowest BCUT2D eigenvalue weighted by atomic mass is 10.1. The first-order valence-corrected chi connectivity index (χ1v) is 12.2. The molecule has 0 unspecified atom stereocenters. The molecule has 2 heterocycles. The third-order valence-corrected chi connectivity index (χ3v) is 5.96. The van der Waals surface area contributed by atoms with Crippen LogP contribution in [0.3, 0.4) is 0 Å². The summed E-state index contributed by atoms with van der Waals surface area (Å²) in [6.45, 7) is 0. The molecule has 0 atom stereocenters. The number of hydrogen-bond acceptors (Lipinski definition) is 6. The van der Waals surface area contributed by atoms with Gasteiger partial charge in [-0.3, -0.25) is 9.54 Å². The molecule has 0 aliphatic rings. The van der Waals surface area contributed by atoms with Crippen LogP contribution in [0.2, 0.25) is 0 Å². The second-order valence-corrected chi connectivity index (χ2v) is 9.11. The normalized spacial score (nSPS) is 11.5. The molecule has 37 heavy (non-hydrogen) atoms. The number of anilines is 2. The van der Waals surface area contributed by atoms with Gasteiger partial charge in [0.1, 0.15) is 12.1 Å². The Balaban J connectivity index is 0.000000270. The Kier molecular flexibility index (Phi) is 7.46. The molecule has 0 saturated carbocycles. The van der Waals surface area contributed by atoms with Crippen LogP contribution in [0.1, 0.15) is 5.56 Å². The van der Waals surface area contributed by atoms with Crippen molar-refractivity contribution in [1.82, 2.24) is 15.0 Å². The van der Waals surface area contributed by atoms with Gasteiger partial charge < -0.3 is 5.32 Å². The second kappa shape index (κ2) is 10.7. The van der Waals surface area contributed by atoms with Gasteiger partial charge in [-0.2, -0.15) is 21.6 Å². The van der Waals surface area contributed by atoms with Crippen LogP contribution in [-0.2, 0) is 16.3 Å². The molecule has 0 radical (unpaired) electrons. The van der Waals surface area contributed by atoms with E-state index in [1.54, 1.807) is 30.5 Å². The maximum atomic E-state index is 12.7. The molecule has 0 spiro atoms. The Labute approximate surface area is 210 Å². The van der Waals surface area contributed by atoms with Gasteiger partial charge in [0.2, 0.25) is 0 Å². The minimum absolute atomic E-state index is 0.0741. The van der Waals surface area contributed by atoms with Gasteiger partial charge in [0.15, 0.2) is 0 Å². The summed E-state index contributed by atoms with van der Waals surface area (Å²) >= 11 is 0. The van der Waals surface area contributed by atoms with E-state index in [2.05, 4.69) is 20.3 Å². The van der Waals surface area contributed by atoms with E-state index >= 15 is 0 Å². The van der Waals surface area contributed by atoms with Crippen molar-refractivity contribution in [3.05, 3.63) is 109 Å². The number of rotatable bonds is 4. The van der Waals surface area contributed by atoms with Crippen molar-refractivity contribution in [1.29, 1.82) is 0 Å². The molecule has 2 aromatic heterocycles. The quantitative estimate of drug-likeness (QED) is 0.263. The van der Waals surface area contributed by atoms with E-state index in [0.717, 1.165) is 28.6 Å². The van der Waals surface area contributed by atoms with E-state index in [9.17, 15) is 21.6 Å². The summed E-state index contributed by atoms with van der Waals surface area (Å²) in [6, 6.07) is 23.6. The summed E-state index contributed by atoms with van der Waals surface area (Å²) in [5.41, 5.74) is 2.23. The summed E-state index contributed by atoms with van der Waals surface area (Å²) in [4.78, 5) is 12.7. The van der Waals surface area contributed by atoms with Crippen molar-refractivity contribution in [2.24, 2.45) is 0 Å². The molecular weight excluding hydrogens is 505 g/mol.